The van der Waals surface area contributed by atoms with E-state index in [4.69, 9.17) is 14.2 Å². The van der Waals surface area contributed by atoms with E-state index in [1.54, 1.807) is 60.7 Å². The Balaban J connectivity index is 1.13. The molecule has 42 heavy (non-hydrogen) atoms. The molecular weight excluding hydrogens is 576 g/mol. The third-order valence-electron chi connectivity index (χ3n) is 6.44. The van der Waals surface area contributed by atoms with Gasteiger partial charge in [-0.2, -0.15) is 0 Å². The first-order valence-corrected chi connectivity index (χ1v) is 16.6. The molecule has 0 spiro atoms. The zero-order chi connectivity index (χ0) is 30.0. The predicted octanol–water partition coefficient (Wildman–Crippen LogP) is 6.47. The lowest BCUT2D eigenvalue weighted by molar-refractivity contribution is 0.287. The van der Waals surface area contributed by atoms with E-state index in [1.165, 1.54) is 36.4 Å². The molecule has 0 saturated carbocycles. The zero-order valence-corrected chi connectivity index (χ0v) is 24.9. The van der Waals surface area contributed by atoms with Gasteiger partial charge in [0.2, 0.25) is 19.7 Å². The maximum Gasteiger partial charge on any atom is 0.206 e. The number of sulfone groups is 2. The Hall–Kier alpha value is -4.02. The van der Waals surface area contributed by atoms with E-state index in [1.807, 2.05) is 6.92 Å². The largest absolute Gasteiger partial charge is 0.508 e. The first-order chi connectivity index (χ1) is 20.2. The second kappa shape index (κ2) is 14.2. The molecule has 8 nitrogen and oxygen atoms in total. The maximum absolute atomic E-state index is 12.9. The van der Waals surface area contributed by atoms with Crippen molar-refractivity contribution in [1.29, 1.82) is 0 Å². The normalized spacial score (nSPS) is 11.6. The van der Waals surface area contributed by atoms with Crippen LogP contribution in [-0.2, 0) is 19.7 Å². The van der Waals surface area contributed by atoms with E-state index in [0.29, 0.717) is 37.1 Å². The van der Waals surface area contributed by atoms with Crippen LogP contribution in [0.2, 0.25) is 0 Å². The zero-order valence-electron chi connectivity index (χ0n) is 23.3. The average molecular weight is 611 g/mol. The number of aromatic hydroxyl groups is 1. The van der Waals surface area contributed by atoms with Gasteiger partial charge < -0.3 is 19.3 Å². The fourth-order valence-electron chi connectivity index (χ4n) is 4.15. The van der Waals surface area contributed by atoms with E-state index in [2.05, 4.69) is 0 Å². The van der Waals surface area contributed by atoms with Crippen LogP contribution in [0.5, 0.6) is 23.0 Å². The quantitative estimate of drug-likeness (QED) is 0.152. The van der Waals surface area contributed by atoms with Gasteiger partial charge >= 0.3 is 0 Å². The number of unbranched alkanes of at least 4 members (excludes halogenated alkanes) is 3. The van der Waals surface area contributed by atoms with Gasteiger partial charge in [0.25, 0.3) is 0 Å². The van der Waals surface area contributed by atoms with Crippen molar-refractivity contribution in [2.24, 2.45) is 0 Å². The smallest absolute Gasteiger partial charge is 0.206 e. The van der Waals surface area contributed by atoms with Gasteiger partial charge in [-0.15, -0.1) is 0 Å². The molecule has 0 unspecified atom stereocenters. The van der Waals surface area contributed by atoms with E-state index in [0.717, 1.165) is 25.7 Å². The second-order valence-corrected chi connectivity index (χ2v) is 13.4. The number of phenolic OH excluding ortho intramolecular Hbond substituents is 1. The van der Waals surface area contributed by atoms with E-state index in [9.17, 15) is 21.9 Å². The third kappa shape index (κ3) is 8.04. The minimum absolute atomic E-state index is 0.00631. The number of benzene rings is 4. The molecule has 0 bridgehead atoms. The van der Waals surface area contributed by atoms with Crippen LogP contribution in [0.4, 0.5) is 0 Å². The molecule has 222 valence electrons. The summed E-state index contributed by atoms with van der Waals surface area (Å²) in [7, 11) is -7.29. The summed E-state index contributed by atoms with van der Waals surface area (Å²) in [4.78, 5) is 0.680. The SMILES string of the molecule is CCOc1ccc(S(=O)(=O)c2ccc(OCCCCCCOc3ccc(S(=O)(=O)c4ccc(O)cc4)cc3)cc2)cc1. The summed E-state index contributed by atoms with van der Waals surface area (Å²) < 4.78 is 68.1. The third-order valence-corrected chi connectivity index (χ3v) is 10.0. The Morgan fingerprint density at radius 2 is 0.786 bits per heavy atom. The van der Waals surface area contributed by atoms with Crippen molar-refractivity contribution in [2.75, 3.05) is 19.8 Å². The lowest BCUT2D eigenvalue weighted by atomic mass is 10.2. The molecule has 10 heteroatoms. The van der Waals surface area contributed by atoms with Crippen molar-refractivity contribution in [3.05, 3.63) is 97.1 Å². The Morgan fingerprint density at radius 1 is 0.476 bits per heavy atom. The average Bonchev–Trinajstić information content (AvgIpc) is 3.00. The highest BCUT2D eigenvalue weighted by atomic mass is 32.2. The number of phenols is 1. The molecule has 0 amide bonds. The Morgan fingerprint density at radius 3 is 1.12 bits per heavy atom. The van der Waals surface area contributed by atoms with E-state index in [-0.39, 0.29) is 25.3 Å². The summed E-state index contributed by atoms with van der Waals surface area (Å²) in [6.07, 6.45) is 3.56. The fourth-order valence-corrected chi connectivity index (χ4v) is 6.67. The van der Waals surface area contributed by atoms with Crippen LogP contribution in [0.1, 0.15) is 32.6 Å². The molecule has 0 aliphatic carbocycles. The molecule has 4 aromatic carbocycles. The molecule has 0 heterocycles. The summed E-state index contributed by atoms with van der Waals surface area (Å²) >= 11 is 0. The first kappa shape index (κ1) is 30.9. The maximum atomic E-state index is 12.9. The molecule has 0 aliphatic rings. The standard InChI is InChI=1S/C32H34O8S2/c1-2-38-26-9-17-30(18-10-26)42(36,37)32-21-13-28(14-22-32)40-24-6-4-3-5-23-39-27-11-19-31(20-12-27)41(34,35)29-15-7-25(33)8-16-29/h7-22,33H,2-6,23-24H2,1H3. The van der Waals surface area contributed by atoms with Gasteiger partial charge in [0, 0.05) is 0 Å². The highest BCUT2D eigenvalue weighted by Gasteiger charge is 2.18. The molecule has 1 N–H and O–H groups in total. The molecule has 0 fully saturated rings. The van der Waals surface area contributed by atoms with Gasteiger partial charge in [-0.05, 0) is 130 Å². The molecule has 4 aromatic rings. The van der Waals surface area contributed by atoms with Gasteiger partial charge in [-0.25, -0.2) is 16.8 Å². The highest BCUT2D eigenvalue weighted by Crippen LogP contribution is 2.26. The van der Waals surface area contributed by atoms with Crippen molar-refractivity contribution in [1.82, 2.24) is 0 Å². The van der Waals surface area contributed by atoms with Crippen molar-refractivity contribution < 1.29 is 36.2 Å². The van der Waals surface area contributed by atoms with Crippen LogP contribution in [0.25, 0.3) is 0 Å². The van der Waals surface area contributed by atoms with Gasteiger partial charge in [0.05, 0.1) is 39.4 Å². The Kier molecular flexibility index (Phi) is 10.5. The number of ether oxygens (including phenoxy) is 3. The van der Waals surface area contributed by atoms with Gasteiger partial charge in [-0.3, -0.25) is 0 Å². The van der Waals surface area contributed by atoms with Crippen LogP contribution in [0.3, 0.4) is 0 Å². The van der Waals surface area contributed by atoms with Crippen LogP contribution in [-0.4, -0.2) is 41.8 Å². The predicted molar refractivity (Wildman–Crippen MR) is 159 cm³/mol. The molecule has 0 atom stereocenters. The summed E-state index contributed by atoms with van der Waals surface area (Å²) in [6, 6.07) is 24.5. The monoisotopic (exact) mass is 610 g/mol. The molecule has 0 radical (unpaired) electrons. The highest BCUT2D eigenvalue weighted by molar-refractivity contribution is 7.91. The summed E-state index contributed by atoms with van der Waals surface area (Å²) in [6.45, 7) is 3.41. The minimum Gasteiger partial charge on any atom is -0.508 e. The lowest BCUT2D eigenvalue weighted by Crippen LogP contribution is -2.03. The topological polar surface area (TPSA) is 116 Å². The van der Waals surface area contributed by atoms with E-state index < -0.39 is 19.7 Å². The minimum atomic E-state index is -3.66. The number of hydrogen-bond donors (Lipinski definition) is 1. The van der Waals surface area contributed by atoms with Crippen molar-refractivity contribution in [3.8, 4) is 23.0 Å². The van der Waals surface area contributed by atoms with Crippen molar-refractivity contribution in [2.45, 2.75) is 52.2 Å². The van der Waals surface area contributed by atoms with Crippen LogP contribution < -0.4 is 14.2 Å². The molecule has 0 saturated heterocycles. The summed E-state index contributed by atoms with van der Waals surface area (Å²) in [5, 5.41) is 9.38. The van der Waals surface area contributed by atoms with Crippen LogP contribution in [0.15, 0.2) is 117 Å². The molecule has 0 aromatic heterocycles. The number of rotatable bonds is 15. The van der Waals surface area contributed by atoms with Gasteiger partial charge in [0.15, 0.2) is 0 Å². The van der Waals surface area contributed by atoms with E-state index >= 15 is 0 Å². The van der Waals surface area contributed by atoms with Crippen LogP contribution in [0, 0.1) is 0 Å². The Bertz CT molecular complexity index is 1630. The molecule has 0 aliphatic heterocycles. The summed E-state index contributed by atoms with van der Waals surface area (Å²) in [5.74, 6) is 1.84. The first-order valence-electron chi connectivity index (χ1n) is 13.7. The lowest BCUT2D eigenvalue weighted by Gasteiger charge is -2.10. The number of hydrogen-bond acceptors (Lipinski definition) is 8. The van der Waals surface area contributed by atoms with Crippen LogP contribution >= 0.6 is 0 Å². The van der Waals surface area contributed by atoms with Gasteiger partial charge in [-0.1, -0.05) is 0 Å². The van der Waals surface area contributed by atoms with Gasteiger partial charge in [0.1, 0.15) is 23.0 Å². The summed E-state index contributed by atoms with van der Waals surface area (Å²) in [5.41, 5.74) is 0. The second-order valence-electron chi connectivity index (χ2n) is 9.46. The molecular formula is C32H34O8S2. The van der Waals surface area contributed by atoms with Crippen molar-refractivity contribution >= 4 is 19.7 Å². The fraction of sp³-hybridized carbons (Fsp3) is 0.250. The van der Waals surface area contributed by atoms with Crippen molar-refractivity contribution in [3.63, 3.8) is 0 Å². The molecule has 4 rings (SSSR count). The Labute approximate surface area is 247 Å².